The van der Waals surface area contributed by atoms with Crippen LogP contribution < -0.4 is 19.9 Å². The van der Waals surface area contributed by atoms with Crippen molar-refractivity contribution in [2.45, 2.75) is 13.5 Å². The molecule has 0 saturated carbocycles. The van der Waals surface area contributed by atoms with E-state index >= 15 is 0 Å². The zero-order valence-electron chi connectivity index (χ0n) is 17.9. The highest BCUT2D eigenvalue weighted by Crippen LogP contribution is 2.31. The number of carbonyl (C=O) groups is 2. The monoisotopic (exact) mass is 482 g/mol. The number of hydrazine groups is 1. The zero-order chi connectivity index (χ0) is 23.5. The minimum atomic E-state index is -0.501. The fourth-order valence-electron chi connectivity index (χ4n) is 3.26. The Balaban J connectivity index is 1.54. The Kier molecular flexibility index (Phi) is 6.58. The maximum absolute atomic E-state index is 12.9. The van der Waals surface area contributed by atoms with Gasteiger partial charge in [0.25, 0.3) is 11.8 Å². The van der Waals surface area contributed by atoms with E-state index in [4.69, 9.17) is 32.7 Å². The molecular weight excluding hydrogens is 463 g/mol. The first kappa shape index (κ1) is 22.7. The van der Waals surface area contributed by atoms with Crippen LogP contribution in [0, 0.1) is 6.92 Å². The number of methoxy groups -OCH3 is 1. The summed E-state index contributed by atoms with van der Waals surface area (Å²) in [4.78, 5) is 25.4. The molecule has 0 aromatic heterocycles. The van der Waals surface area contributed by atoms with Gasteiger partial charge in [0.05, 0.1) is 12.8 Å². The Morgan fingerprint density at radius 3 is 2.42 bits per heavy atom. The van der Waals surface area contributed by atoms with Gasteiger partial charge in [-0.25, -0.2) is 5.01 Å². The van der Waals surface area contributed by atoms with E-state index in [0.29, 0.717) is 39.4 Å². The van der Waals surface area contributed by atoms with Gasteiger partial charge in [0.1, 0.15) is 12.2 Å². The van der Waals surface area contributed by atoms with Crippen molar-refractivity contribution in [1.29, 1.82) is 0 Å². The van der Waals surface area contributed by atoms with E-state index in [1.54, 1.807) is 48.5 Å². The third-order valence-electron chi connectivity index (χ3n) is 5.11. The quantitative estimate of drug-likeness (QED) is 0.379. The second-order valence-electron chi connectivity index (χ2n) is 7.40. The summed E-state index contributed by atoms with van der Waals surface area (Å²) in [5.41, 5.74) is 5.51. The fraction of sp³-hybridized carbons (Fsp3) is 0.120. The summed E-state index contributed by atoms with van der Waals surface area (Å²) < 4.78 is 11.3. The minimum absolute atomic E-state index is 0.00332. The molecule has 8 heteroatoms. The van der Waals surface area contributed by atoms with Crippen LogP contribution in [0.3, 0.4) is 0 Å². The average molecular weight is 483 g/mol. The summed E-state index contributed by atoms with van der Waals surface area (Å²) in [7, 11) is 1.53. The van der Waals surface area contributed by atoms with E-state index in [2.05, 4.69) is 5.43 Å². The van der Waals surface area contributed by atoms with Crippen molar-refractivity contribution in [3.63, 3.8) is 0 Å². The summed E-state index contributed by atoms with van der Waals surface area (Å²) in [6.45, 7) is 2.20. The average Bonchev–Trinajstić information content (AvgIpc) is 3.09. The molecule has 1 saturated heterocycles. The second-order valence-corrected chi connectivity index (χ2v) is 8.24. The van der Waals surface area contributed by atoms with Crippen molar-refractivity contribution >= 4 is 46.8 Å². The number of carbonyl (C=O) groups excluding carboxylic acids is 2. The Morgan fingerprint density at radius 2 is 1.73 bits per heavy atom. The molecule has 0 radical (unpaired) electrons. The van der Waals surface area contributed by atoms with Crippen LogP contribution in [-0.4, -0.2) is 18.9 Å². The molecule has 1 aliphatic rings. The van der Waals surface area contributed by atoms with Gasteiger partial charge in [-0.15, -0.1) is 0 Å². The lowest BCUT2D eigenvalue weighted by Crippen LogP contribution is -2.35. The Hall–Kier alpha value is -3.48. The summed E-state index contributed by atoms with van der Waals surface area (Å²) in [5, 5.41) is 2.34. The number of hydrogen-bond donors (Lipinski definition) is 1. The number of rotatable bonds is 6. The van der Waals surface area contributed by atoms with Crippen molar-refractivity contribution in [2.24, 2.45) is 0 Å². The van der Waals surface area contributed by atoms with Crippen molar-refractivity contribution in [3.05, 3.63) is 93.0 Å². The predicted octanol–water partition coefficient (Wildman–Crippen LogP) is 5.35. The van der Waals surface area contributed by atoms with Crippen LogP contribution >= 0.6 is 23.2 Å². The van der Waals surface area contributed by atoms with Crippen LogP contribution in [0.25, 0.3) is 6.08 Å². The first-order chi connectivity index (χ1) is 15.9. The van der Waals surface area contributed by atoms with Crippen LogP contribution in [-0.2, 0) is 16.2 Å². The molecule has 0 spiro atoms. The van der Waals surface area contributed by atoms with Gasteiger partial charge in [0, 0.05) is 10.0 Å². The van der Waals surface area contributed by atoms with Crippen LogP contribution in [0.4, 0.5) is 5.69 Å². The van der Waals surface area contributed by atoms with E-state index < -0.39 is 11.8 Å². The molecule has 0 unspecified atom stereocenters. The Bertz CT molecular complexity index is 1260. The van der Waals surface area contributed by atoms with Gasteiger partial charge in [-0.3, -0.25) is 15.0 Å². The number of ether oxygens (including phenoxy) is 2. The van der Waals surface area contributed by atoms with E-state index in [9.17, 15) is 9.59 Å². The predicted molar refractivity (Wildman–Crippen MR) is 129 cm³/mol. The standard InChI is InChI=1S/C25H20Cl2N2O4/c1-15-3-9-19(13-21(15)27)29-25(31)20(24(30)28-29)11-17-6-10-22(23(12-17)32-2)33-14-16-4-7-18(26)8-5-16/h3-13H,14H2,1-2H3,(H,28,30)/b20-11+. The number of benzene rings is 3. The van der Waals surface area contributed by atoms with Gasteiger partial charge in [-0.05, 0) is 66.1 Å². The topological polar surface area (TPSA) is 67.9 Å². The fourth-order valence-corrected chi connectivity index (χ4v) is 3.56. The summed E-state index contributed by atoms with van der Waals surface area (Å²) in [6.07, 6.45) is 1.51. The van der Waals surface area contributed by atoms with Crippen LogP contribution in [0.15, 0.2) is 66.2 Å². The molecule has 0 atom stereocenters. The lowest BCUT2D eigenvalue weighted by Gasteiger charge is -2.15. The number of amides is 2. The van der Waals surface area contributed by atoms with E-state index in [0.717, 1.165) is 11.1 Å². The van der Waals surface area contributed by atoms with Crippen molar-refractivity contribution < 1.29 is 19.1 Å². The van der Waals surface area contributed by atoms with Gasteiger partial charge < -0.3 is 9.47 Å². The van der Waals surface area contributed by atoms with E-state index in [-0.39, 0.29) is 5.57 Å². The van der Waals surface area contributed by atoms with Crippen molar-refractivity contribution in [3.8, 4) is 11.5 Å². The number of nitrogens with zero attached hydrogens (tertiary/aromatic N) is 1. The third kappa shape index (κ3) is 4.97. The van der Waals surface area contributed by atoms with Gasteiger partial charge in [-0.2, -0.15) is 0 Å². The summed E-state index contributed by atoms with van der Waals surface area (Å²) in [6, 6.07) is 17.7. The molecule has 3 aromatic carbocycles. The van der Waals surface area contributed by atoms with Gasteiger partial charge in [0.2, 0.25) is 0 Å². The zero-order valence-corrected chi connectivity index (χ0v) is 19.4. The number of aryl methyl sites for hydroxylation is 1. The SMILES string of the molecule is COc1cc(/C=C2\C(=O)NN(c3ccc(C)c(Cl)c3)C2=O)ccc1OCc1ccc(Cl)cc1. The first-order valence-corrected chi connectivity index (χ1v) is 10.8. The second kappa shape index (κ2) is 9.57. The highest BCUT2D eigenvalue weighted by molar-refractivity contribution is 6.33. The molecule has 33 heavy (non-hydrogen) atoms. The number of hydrogen-bond acceptors (Lipinski definition) is 4. The maximum Gasteiger partial charge on any atom is 0.282 e. The lowest BCUT2D eigenvalue weighted by molar-refractivity contribution is -0.117. The van der Waals surface area contributed by atoms with E-state index in [1.807, 2.05) is 19.1 Å². The molecule has 1 fully saturated rings. The molecule has 2 amide bonds. The number of nitrogens with one attached hydrogen (secondary N) is 1. The molecule has 0 aliphatic carbocycles. The van der Waals surface area contributed by atoms with Crippen LogP contribution in [0.2, 0.25) is 10.0 Å². The Morgan fingerprint density at radius 1 is 0.970 bits per heavy atom. The highest BCUT2D eigenvalue weighted by Gasteiger charge is 2.34. The van der Waals surface area contributed by atoms with Crippen molar-refractivity contribution in [1.82, 2.24) is 5.43 Å². The maximum atomic E-state index is 12.9. The van der Waals surface area contributed by atoms with Gasteiger partial charge >= 0.3 is 0 Å². The lowest BCUT2D eigenvalue weighted by atomic mass is 10.1. The smallest absolute Gasteiger partial charge is 0.282 e. The molecule has 1 N–H and O–H groups in total. The molecule has 168 valence electrons. The molecule has 6 nitrogen and oxygen atoms in total. The third-order valence-corrected chi connectivity index (χ3v) is 5.77. The van der Waals surface area contributed by atoms with Crippen LogP contribution in [0.1, 0.15) is 16.7 Å². The minimum Gasteiger partial charge on any atom is -0.493 e. The number of halogens is 2. The molecule has 4 rings (SSSR count). The molecule has 0 bridgehead atoms. The Labute approximate surface area is 201 Å². The summed E-state index contributed by atoms with van der Waals surface area (Å²) >= 11 is 12.1. The number of anilines is 1. The molecule has 3 aromatic rings. The molecular formula is C25H20Cl2N2O4. The highest BCUT2D eigenvalue weighted by atomic mass is 35.5. The van der Waals surface area contributed by atoms with Gasteiger partial charge in [-0.1, -0.05) is 47.5 Å². The summed E-state index contributed by atoms with van der Waals surface area (Å²) in [5.74, 6) is 0.0414. The first-order valence-electron chi connectivity index (χ1n) is 10.0. The molecule has 1 aliphatic heterocycles. The van der Waals surface area contributed by atoms with Crippen LogP contribution in [0.5, 0.6) is 11.5 Å². The van der Waals surface area contributed by atoms with E-state index in [1.165, 1.54) is 18.2 Å². The largest absolute Gasteiger partial charge is 0.493 e. The van der Waals surface area contributed by atoms with Gasteiger partial charge in [0.15, 0.2) is 11.5 Å². The molecule has 1 heterocycles. The van der Waals surface area contributed by atoms with Crippen molar-refractivity contribution in [2.75, 3.05) is 12.1 Å². The normalized spacial score (nSPS) is 14.5.